The number of urea groups is 1. The van der Waals surface area contributed by atoms with Crippen molar-refractivity contribution in [1.29, 1.82) is 0 Å². The van der Waals surface area contributed by atoms with Gasteiger partial charge in [0.1, 0.15) is 5.75 Å². The van der Waals surface area contributed by atoms with Gasteiger partial charge in [0.2, 0.25) is 0 Å². The van der Waals surface area contributed by atoms with Crippen molar-refractivity contribution in [3.63, 3.8) is 0 Å². The number of allylic oxidation sites excluding steroid dienone is 1. The van der Waals surface area contributed by atoms with Crippen LogP contribution in [0.25, 0.3) is 0 Å². The van der Waals surface area contributed by atoms with E-state index in [1.807, 2.05) is 20.8 Å². The Labute approximate surface area is 158 Å². The molecule has 7 heteroatoms. The van der Waals surface area contributed by atoms with Crippen LogP contribution in [-0.2, 0) is 9.53 Å². The molecule has 0 spiro atoms. The van der Waals surface area contributed by atoms with Crippen LogP contribution in [0, 0.1) is 5.92 Å². The van der Waals surface area contributed by atoms with Crippen molar-refractivity contribution >= 4 is 23.6 Å². The fraction of sp³-hybridized carbons (Fsp3) is 0.474. The maximum atomic E-state index is 12.6. The summed E-state index contributed by atoms with van der Waals surface area (Å²) in [6.45, 7) is 8.48. The van der Waals surface area contributed by atoms with Crippen molar-refractivity contribution in [2.24, 2.45) is 5.92 Å². The first-order valence-electron chi connectivity index (χ1n) is 8.71. The number of ether oxygens (including phenoxy) is 2. The van der Waals surface area contributed by atoms with Gasteiger partial charge in [-0.1, -0.05) is 38.4 Å². The predicted molar refractivity (Wildman–Crippen MR) is 100 cm³/mol. The molecule has 2 amide bonds. The number of amides is 2. The van der Waals surface area contributed by atoms with Crippen LogP contribution in [0.15, 0.2) is 29.5 Å². The lowest BCUT2D eigenvalue weighted by Crippen LogP contribution is -2.45. The molecule has 1 aromatic rings. The normalized spacial score (nSPS) is 17.0. The lowest BCUT2D eigenvalue weighted by Gasteiger charge is -2.28. The van der Waals surface area contributed by atoms with Crippen LogP contribution in [0.4, 0.5) is 4.79 Å². The van der Waals surface area contributed by atoms with E-state index in [1.54, 1.807) is 25.1 Å². The minimum Gasteiger partial charge on any atom is -0.492 e. The largest absolute Gasteiger partial charge is 0.492 e. The molecule has 0 bridgehead atoms. The summed E-state index contributed by atoms with van der Waals surface area (Å²) in [5.74, 6) is 0.326. The molecule has 2 rings (SSSR count). The van der Waals surface area contributed by atoms with Gasteiger partial charge < -0.3 is 20.1 Å². The van der Waals surface area contributed by atoms with Gasteiger partial charge in [-0.25, -0.2) is 9.59 Å². The van der Waals surface area contributed by atoms with E-state index in [0.29, 0.717) is 40.8 Å². The first kappa shape index (κ1) is 20.1. The van der Waals surface area contributed by atoms with Crippen molar-refractivity contribution in [3.05, 3.63) is 40.1 Å². The molecule has 26 heavy (non-hydrogen) atoms. The number of halogens is 1. The molecule has 1 aliphatic rings. The summed E-state index contributed by atoms with van der Waals surface area (Å²) in [7, 11) is 0. The van der Waals surface area contributed by atoms with Crippen LogP contribution in [0.3, 0.4) is 0 Å². The van der Waals surface area contributed by atoms with Crippen LogP contribution < -0.4 is 15.4 Å². The summed E-state index contributed by atoms with van der Waals surface area (Å²) in [6, 6.07) is 4.21. The zero-order valence-corrected chi connectivity index (χ0v) is 16.3. The van der Waals surface area contributed by atoms with E-state index < -0.39 is 12.0 Å². The number of nitrogens with one attached hydrogen (secondary N) is 2. The summed E-state index contributed by atoms with van der Waals surface area (Å²) in [5, 5.41) is 5.81. The molecular weight excluding hydrogens is 356 g/mol. The third-order valence-electron chi connectivity index (χ3n) is 3.79. The van der Waals surface area contributed by atoms with Gasteiger partial charge >= 0.3 is 12.0 Å². The molecule has 0 radical (unpaired) electrons. The van der Waals surface area contributed by atoms with E-state index in [4.69, 9.17) is 21.1 Å². The SMILES string of the molecule is CCCOc1ccc(C2NC(=O)NC(C)=C2C(=O)OCC(C)C)cc1Cl. The Balaban J connectivity index is 2.32. The maximum absolute atomic E-state index is 12.6. The number of benzene rings is 1. The van der Waals surface area contributed by atoms with E-state index in [1.165, 1.54) is 0 Å². The van der Waals surface area contributed by atoms with E-state index >= 15 is 0 Å². The molecule has 1 heterocycles. The standard InChI is InChI=1S/C19H25ClN2O4/c1-5-8-25-15-7-6-13(9-14(15)20)17-16(12(4)21-19(24)22-17)18(23)26-10-11(2)3/h6-7,9,11,17H,5,8,10H2,1-4H3,(H2,21,22,24). The summed E-state index contributed by atoms with van der Waals surface area (Å²) in [6.07, 6.45) is 0.871. The summed E-state index contributed by atoms with van der Waals surface area (Å²) >= 11 is 6.30. The quantitative estimate of drug-likeness (QED) is 0.702. The van der Waals surface area contributed by atoms with Gasteiger partial charge in [0.15, 0.2) is 0 Å². The fourth-order valence-corrected chi connectivity index (χ4v) is 2.80. The molecule has 0 saturated carbocycles. The molecule has 1 aromatic carbocycles. The highest BCUT2D eigenvalue weighted by atomic mass is 35.5. The minimum atomic E-state index is -0.638. The Bertz CT molecular complexity index is 715. The molecule has 0 aromatic heterocycles. The maximum Gasteiger partial charge on any atom is 0.338 e. The van der Waals surface area contributed by atoms with Gasteiger partial charge in [0.25, 0.3) is 0 Å². The molecule has 0 aliphatic carbocycles. The molecule has 0 fully saturated rings. The first-order chi connectivity index (χ1) is 12.3. The lowest BCUT2D eigenvalue weighted by molar-refractivity contribution is -0.140. The Hall–Kier alpha value is -2.21. The van der Waals surface area contributed by atoms with Gasteiger partial charge in [-0.2, -0.15) is 0 Å². The van der Waals surface area contributed by atoms with E-state index in [0.717, 1.165) is 6.42 Å². The molecule has 6 nitrogen and oxygen atoms in total. The monoisotopic (exact) mass is 380 g/mol. The lowest BCUT2D eigenvalue weighted by atomic mass is 9.95. The van der Waals surface area contributed by atoms with Gasteiger partial charge in [-0.15, -0.1) is 0 Å². The number of carbonyl (C=O) groups excluding carboxylic acids is 2. The molecule has 142 valence electrons. The Morgan fingerprint density at radius 3 is 2.69 bits per heavy atom. The highest BCUT2D eigenvalue weighted by molar-refractivity contribution is 6.32. The smallest absolute Gasteiger partial charge is 0.338 e. The molecule has 2 N–H and O–H groups in total. The second-order valence-electron chi connectivity index (χ2n) is 6.60. The number of carbonyl (C=O) groups is 2. The van der Waals surface area contributed by atoms with Gasteiger partial charge in [-0.05, 0) is 37.0 Å². The van der Waals surface area contributed by atoms with Gasteiger partial charge in [0, 0.05) is 5.70 Å². The van der Waals surface area contributed by atoms with E-state index in [9.17, 15) is 9.59 Å². The van der Waals surface area contributed by atoms with Crippen molar-refractivity contribution in [1.82, 2.24) is 10.6 Å². The van der Waals surface area contributed by atoms with Crippen LogP contribution in [0.1, 0.15) is 45.7 Å². The highest BCUT2D eigenvalue weighted by Crippen LogP contribution is 2.33. The number of rotatable bonds is 7. The summed E-state index contributed by atoms with van der Waals surface area (Å²) < 4.78 is 10.9. The van der Waals surface area contributed by atoms with Crippen LogP contribution in [0.5, 0.6) is 5.75 Å². The van der Waals surface area contributed by atoms with Crippen molar-refractivity contribution < 1.29 is 19.1 Å². The number of hydrogen-bond acceptors (Lipinski definition) is 4. The second kappa shape index (κ2) is 8.94. The zero-order valence-electron chi connectivity index (χ0n) is 15.5. The van der Waals surface area contributed by atoms with E-state index in [2.05, 4.69) is 10.6 Å². The predicted octanol–water partition coefficient (Wildman–Crippen LogP) is 3.96. The summed E-state index contributed by atoms with van der Waals surface area (Å²) in [5.41, 5.74) is 1.52. The molecule has 1 aliphatic heterocycles. The molecule has 0 saturated heterocycles. The second-order valence-corrected chi connectivity index (χ2v) is 7.01. The fourth-order valence-electron chi connectivity index (χ4n) is 2.56. The molecular formula is C19H25ClN2O4. The Kier molecular flexibility index (Phi) is 6.91. The topological polar surface area (TPSA) is 76.7 Å². The zero-order chi connectivity index (χ0) is 19.3. The van der Waals surface area contributed by atoms with Crippen molar-refractivity contribution in [2.45, 2.75) is 40.2 Å². The molecule has 1 unspecified atom stereocenters. The third kappa shape index (κ3) is 4.91. The average molecular weight is 381 g/mol. The van der Waals surface area contributed by atoms with Crippen LogP contribution in [-0.4, -0.2) is 25.2 Å². The van der Waals surface area contributed by atoms with Gasteiger partial charge in [-0.3, -0.25) is 0 Å². The third-order valence-corrected chi connectivity index (χ3v) is 4.08. The highest BCUT2D eigenvalue weighted by Gasteiger charge is 2.32. The van der Waals surface area contributed by atoms with Crippen molar-refractivity contribution in [2.75, 3.05) is 13.2 Å². The van der Waals surface area contributed by atoms with Crippen molar-refractivity contribution in [3.8, 4) is 5.75 Å². The van der Waals surface area contributed by atoms with E-state index in [-0.39, 0.29) is 11.9 Å². The average Bonchev–Trinajstić information content (AvgIpc) is 2.57. The van der Waals surface area contributed by atoms with Gasteiger partial charge in [0.05, 0.1) is 29.9 Å². The summed E-state index contributed by atoms with van der Waals surface area (Å²) in [4.78, 5) is 24.5. The van der Waals surface area contributed by atoms with Crippen LogP contribution in [0.2, 0.25) is 5.02 Å². The number of esters is 1. The Morgan fingerprint density at radius 2 is 2.08 bits per heavy atom. The minimum absolute atomic E-state index is 0.217. The Morgan fingerprint density at radius 1 is 1.35 bits per heavy atom. The molecule has 1 atom stereocenters. The number of hydrogen-bond donors (Lipinski definition) is 2. The van der Waals surface area contributed by atoms with Crippen LogP contribution >= 0.6 is 11.6 Å². The first-order valence-corrected chi connectivity index (χ1v) is 9.08.